The number of primary amides is 1. The maximum atomic E-state index is 11.7. The highest BCUT2D eigenvalue weighted by molar-refractivity contribution is 5.85. The second-order valence-corrected chi connectivity index (χ2v) is 5.45. The van der Waals surface area contributed by atoms with Crippen molar-refractivity contribution >= 4 is 5.91 Å². The predicted octanol–water partition coefficient (Wildman–Crippen LogP) is 1.33. The van der Waals surface area contributed by atoms with E-state index in [1.54, 1.807) is 0 Å². The number of rotatable bonds is 7. The maximum absolute atomic E-state index is 11.7. The molecule has 0 saturated heterocycles. The van der Waals surface area contributed by atoms with Crippen LogP contribution in [-0.2, 0) is 9.53 Å². The summed E-state index contributed by atoms with van der Waals surface area (Å²) >= 11 is 0. The molecule has 4 heteroatoms. The lowest BCUT2D eigenvalue weighted by atomic mass is 9.96. The highest BCUT2D eigenvalue weighted by atomic mass is 16.5. The summed E-state index contributed by atoms with van der Waals surface area (Å²) in [5, 5.41) is 3.43. The molecule has 0 aliphatic heterocycles. The summed E-state index contributed by atoms with van der Waals surface area (Å²) in [4.78, 5) is 11.7. The number of carbonyl (C=O) groups excluding carboxylic acids is 1. The molecule has 2 rings (SSSR count). The zero-order chi connectivity index (χ0) is 12.3. The molecule has 2 unspecified atom stereocenters. The summed E-state index contributed by atoms with van der Waals surface area (Å²) < 4.78 is 5.80. The molecule has 1 amide bonds. The van der Waals surface area contributed by atoms with Gasteiger partial charge in [0, 0.05) is 19.1 Å². The molecule has 0 aromatic rings. The lowest BCUT2D eigenvalue weighted by molar-refractivity contribution is -0.124. The van der Waals surface area contributed by atoms with Crippen molar-refractivity contribution in [2.75, 3.05) is 6.61 Å². The molecule has 0 aromatic heterocycles. The second-order valence-electron chi connectivity index (χ2n) is 5.45. The van der Waals surface area contributed by atoms with E-state index in [9.17, 15) is 4.79 Å². The zero-order valence-electron chi connectivity index (χ0n) is 10.7. The minimum atomic E-state index is -0.488. The number of amides is 1. The van der Waals surface area contributed by atoms with Gasteiger partial charge in [0.05, 0.1) is 6.10 Å². The van der Waals surface area contributed by atoms with Crippen LogP contribution in [0.5, 0.6) is 0 Å². The van der Waals surface area contributed by atoms with Crippen LogP contribution in [0.25, 0.3) is 0 Å². The fourth-order valence-corrected chi connectivity index (χ4v) is 2.58. The van der Waals surface area contributed by atoms with Gasteiger partial charge in [-0.05, 0) is 32.1 Å². The number of ether oxygens (including phenoxy) is 1. The monoisotopic (exact) mass is 240 g/mol. The smallest absolute Gasteiger partial charge is 0.237 e. The van der Waals surface area contributed by atoms with Gasteiger partial charge in [-0.1, -0.05) is 13.3 Å². The van der Waals surface area contributed by atoms with Crippen molar-refractivity contribution in [1.82, 2.24) is 5.32 Å². The average molecular weight is 240 g/mol. The Balaban J connectivity index is 1.84. The van der Waals surface area contributed by atoms with Gasteiger partial charge in [0.25, 0.3) is 0 Å². The normalized spacial score (nSPS) is 32.9. The molecule has 2 aliphatic carbocycles. The van der Waals surface area contributed by atoms with Gasteiger partial charge in [-0.3, -0.25) is 4.79 Å². The lowest BCUT2D eigenvalue weighted by Gasteiger charge is -2.27. The van der Waals surface area contributed by atoms with Crippen LogP contribution in [0.1, 0.15) is 51.9 Å². The Morgan fingerprint density at radius 3 is 2.82 bits per heavy atom. The standard InChI is InChI=1S/C13H24N2O2/c1-2-3-8-17-11-6-7-13(9-11,12(14)16)15-10-4-5-10/h10-11,15H,2-9H2,1H3,(H2,14,16). The van der Waals surface area contributed by atoms with Crippen LogP contribution in [0.4, 0.5) is 0 Å². The fraction of sp³-hybridized carbons (Fsp3) is 0.923. The van der Waals surface area contributed by atoms with Gasteiger partial charge in [-0.15, -0.1) is 0 Å². The first-order valence-corrected chi connectivity index (χ1v) is 6.85. The number of nitrogens with two attached hydrogens (primary N) is 1. The highest BCUT2D eigenvalue weighted by Gasteiger charge is 2.47. The summed E-state index contributed by atoms with van der Waals surface area (Å²) in [7, 11) is 0. The first-order valence-electron chi connectivity index (χ1n) is 6.85. The van der Waals surface area contributed by atoms with Gasteiger partial charge in [0.1, 0.15) is 5.54 Å². The van der Waals surface area contributed by atoms with Crippen LogP contribution in [-0.4, -0.2) is 30.2 Å². The summed E-state index contributed by atoms with van der Waals surface area (Å²) in [6.07, 6.45) is 7.34. The summed E-state index contributed by atoms with van der Waals surface area (Å²) in [6, 6.07) is 0.511. The summed E-state index contributed by atoms with van der Waals surface area (Å²) in [5.74, 6) is -0.203. The summed E-state index contributed by atoms with van der Waals surface area (Å²) in [6.45, 7) is 2.96. The molecule has 0 aromatic carbocycles. The van der Waals surface area contributed by atoms with Crippen LogP contribution in [0.15, 0.2) is 0 Å². The second kappa shape index (κ2) is 5.36. The van der Waals surface area contributed by atoms with Crippen LogP contribution < -0.4 is 11.1 Å². The molecule has 17 heavy (non-hydrogen) atoms. The third-order valence-corrected chi connectivity index (χ3v) is 3.85. The summed E-state index contributed by atoms with van der Waals surface area (Å²) in [5.41, 5.74) is 5.08. The molecule has 4 nitrogen and oxygen atoms in total. The molecule has 98 valence electrons. The maximum Gasteiger partial charge on any atom is 0.237 e. The van der Waals surface area contributed by atoms with Crippen molar-refractivity contribution in [1.29, 1.82) is 0 Å². The third-order valence-electron chi connectivity index (χ3n) is 3.85. The van der Waals surface area contributed by atoms with Crippen molar-refractivity contribution < 1.29 is 9.53 Å². The Kier molecular flexibility index (Phi) is 4.05. The Morgan fingerprint density at radius 2 is 2.24 bits per heavy atom. The minimum Gasteiger partial charge on any atom is -0.378 e. The number of carbonyl (C=O) groups is 1. The van der Waals surface area contributed by atoms with Gasteiger partial charge in [-0.25, -0.2) is 0 Å². The van der Waals surface area contributed by atoms with Crippen LogP contribution in [0.3, 0.4) is 0 Å². The fourth-order valence-electron chi connectivity index (χ4n) is 2.58. The molecule has 0 spiro atoms. The lowest BCUT2D eigenvalue weighted by Crippen LogP contribution is -2.54. The Hall–Kier alpha value is -0.610. The molecule has 0 radical (unpaired) electrons. The van der Waals surface area contributed by atoms with Crippen LogP contribution in [0.2, 0.25) is 0 Å². The predicted molar refractivity (Wildman–Crippen MR) is 66.6 cm³/mol. The zero-order valence-corrected chi connectivity index (χ0v) is 10.7. The highest BCUT2D eigenvalue weighted by Crippen LogP contribution is 2.35. The van der Waals surface area contributed by atoms with E-state index in [2.05, 4.69) is 12.2 Å². The molecule has 2 fully saturated rings. The van der Waals surface area contributed by atoms with E-state index < -0.39 is 5.54 Å². The SMILES string of the molecule is CCCCOC1CCC(NC2CC2)(C(N)=O)C1. The van der Waals surface area contributed by atoms with Gasteiger partial charge in [-0.2, -0.15) is 0 Å². The van der Waals surface area contributed by atoms with Gasteiger partial charge in [0.15, 0.2) is 0 Å². The van der Waals surface area contributed by atoms with Gasteiger partial charge in [0.2, 0.25) is 5.91 Å². The van der Waals surface area contributed by atoms with Crippen LogP contribution >= 0.6 is 0 Å². The third kappa shape index (κ3) is 3.19. The topological polar surface area (TPSA) is 64.3 Å². The Morgan fingerprint density at radius 1 is 1.47 bits per heavy atom. The molecular formula is C13H24N2O2. The Bertz CT molecular complexity index is 279. The average Bonchev–Trinajstić information content (AvgIpc) is 2.99. The minimum absolute atomic E-state index is 0.203. The molecule has 2 atom stereocenters. The van der Waals surface area contributed by atoms with Crippen molar-refractivity contribution in [3.63, 3.8) is 0 Å². The quantitative estimate of drug-likeness (QED) is 0.660. The molecule has 3 N–H and O–H groups in total. The molecule has 2 aliphatic rings. The van der Waals surface area contributed by atoms with E-state index in [0.717, 1.165) is 38.7 Å². The van der Waals surface area contributed by atoms with E-state index in [1.807, 2.05) is 0 Å². The van der Waals surface area contributed by atoms with E-state index >= 15 is 0 Å². The number of hydrogen-bond acceptors (Lipinski definition) is 3. The number of hydrogen-bond donors (Lipinski definition) is 2. The van der Waals surface area contributed by atoms with E-state index in [1.165, 1.54) is 12.8 Å². The van der Waals surface area contributed by atoms with E-state index in [-0.39, 0.29) is 12.0 Å². The van der Waals surface area contributed by atoms with Crippen molar-refractivity contribution in [3.8, 4) is 0 Å². The molecule has 0 bridgehead atoms. The van der Waals surface area contributed by atoms with E-state index in [0.29, 0.717) is 6.04 Å². The Labute approximate surface area is 103 Å². The first-order chi connectivity index (χ1) is 8.16. The molecule has 0 heterocycles. The van der Waals surface area contributed by atoms with Crippen molar-refractivity contribution in [3.05, 3.63) is 0 Å². The van der Waals surface area contributed by atoms with Crippen LogP contribution in [0, 0.1) is 0 Å². The molecule has 2 saturated carbocycles. The number of nitrogens with one attached hydrogen (secondary N) is 1. The molecular weight excluding hydrogens is 216 g/mol. The van der Waals surface area contributed by atoms with Crippen molar-refractivity contribution in [2.45, 2.75) is 69.6 Å². The first kappa shape index (κ1) is 12.8. The van der Waals surface area contributed by atoms with Gasteiger partial charge >= 0.3 is 0 Å². The largest absolute Gasteiger partial charge is 0.378 e. The van der Waals surface area contributed by atoms with E-state index in [4.69, 9.17) is 10.5 Å². The van der Waals surface area contributed by atoms with Crippen molar-refractivity contribution in [2.24, 2.45) is 5.73 Å². The van der Waals surface area contributed by atoms with Gasteiger partial charge < -0.3 is 15.8 Å². The number of unbranched alkanes of at least 4 members (excludes halogenated alkanes) is 1.